The highest BCUT2D eigenvalue weighted by molar-refractivity contribution is 6.40. The van der Waals surface area contributed by atoms with Gasteiger partial charge in [-0.15, -0.1) is 0 Å². The van der Waals surface area contributed by atoms with Crippen LogP contribution in [0.25, 0.3) is 5.53 Å². The van der Waals surface area contributed by atoms with Gasteiger partial charge < -0.3 is 34.0 Å². The summed E-state index contributed by atoms with van der Waals surface area (Å²) in [5, 5.41) is 0. The molecule has 0 radical (unpaired) electrons. The summed E-state index contributed by atoms with van der Waals surface area (Å²) >= 11 is 0. The van der Waals surface area contributed by atoms with Crippen molar-refractivity contribution < 1.29 is 38.0 Å². The Balaban J connectivity index is 1.57. The first kappa shape index (κ1) is 20.2. The molecule has 9 nitrogen and oxygen atoms in total. The maximum atomic E-state index is 12.8. The monoisotopic (exact) mass is 404 g/mol. The average Bonchev–Trinajstić information content (AvgIpc) is 3.27. The summed E-state index contributed by atoms with van der Waals surface area (Å²) in [6.07, 6.45) is -3.34. The van der Waals surface area contributed by atoms with Crippen LogP contribution in [0.4, 0.5) is 0 Å². The molecule has 3 saturated heterocycles. The normalized spacial score (nSPS) is 34.4. The second-order valence-corrected chi connectivity index (χ2v) is 8.12. The van der Waals surface area contributed by atoms with Crippen molar-refractivity contribution in [3.8, 4) is 0 Å². The predicted molar refractivity (Wildman–Crippen MR) is 97.7 cm³/mol. The van der Waals surface area contributed by atoms with Crippen molar-refractivity contribution in [1.82, 2.24) is 0 Å². The van der Waals surface area contributed by atoms with Crippen molar-refractivity contribution in [3.63, 3.8) is 0 Å². The van der Waals surface area contributed by atoms with Gasteiger partial charge in [-0.3, -0.25) is 0 Å². The Labute approximate surface area is 168 Å². The van der Waals surface area contributed by atoms with E-state index in [1.807, 2.05) is 0 Å². The zero-order valence-electron chi connectivity index (χ0n) is 16.7. The van der Waals surface area contributed by atoms with Crippen molar-refractivity contribution in [2.45, 2.75) is 70.0 Å². The number of esters is 1. The van der Waals surface area contributed by atoms with Crippen LogP contribution in [-0.2, 0) is 33.2 Å². The third kappa shape index (κ3) is 3.98. The largest absolute Gasteiger partial charge is 0.448 e. The van der Waals surface area contributed by atoms with Gasteiger partial charge in [0.15, 0.2) is 30.1 Å². The van der Waals surface area contributed by atoms with Crippen molar-refractivity contribution in [1.29, 1.82) is 0 Å². The molecule has 9 heteroatoms. The molecule has 4 rings (SSSR count). The number of nitrogens with zero attached hydrogens (tertiary/aromatic N) is 2. The van der Waals surface area contributed by atoms with E-state index in [2.05, 4.69) is 4.79 Å². The fourth-order valence-electron chi connectivity index (χ4n) is 3.81. The first-order valence-electron chi connectivity index (χ1n) is 9.50. The highest BCUT2D eigenvalue weighted by Crippen LogP contribution is 2.42. The summed E-state index contributed by atoms with van der Waals surface area (Å²) in [5.41, 5.74) is 9.61. The van der Waals surface area contributed by atoms with Crippen LogP contribution in [0.3, 0.4) is 0 Å². The molecule has 1 aromatic rings. The van der Waals surface area contributed by atoms with E-state index >= 15 is 0 Å². The molecule has 0 aromatic heterocycles. The Morgan fingerprint density at radius 3 is 2.41 bits per heavy atom. The van der Waals surface area contributed by atoms with Crippen molar-refractivity contribution in [2.24, 2.45) is 0 Å². The lowest BCUT2D eigenvalue weighted by Gasteiger charge is -2.28. The highest BCUT2D eigenvalue weighted by Gasteiger charge is 2.60. The minimum atomic E-state index is -0.884. The van der Waals surface area contributed by atoms with Crippen molar-refractivity contribution in [3.05, 3.63) is 41.4 Å². The van der Waals surface area contributed by atoms with Gasteiger partial charge in [0, 0.05) is 0 Å². The Bertz CT molecular complexity index is 834. The SMILES string of the molecule is CC1(C)OCC([C@H]2O[C@@H]3OC(C)(C)OC3C2OC(=O)C(=[N+]=[N-])c2ccccc2)O1. The summed E-state index contributed by atoms with van der Waals surface area (Å²) < 4.78 is 35.0. The molecule has 3 aliphatic heterocycles. The molecule has 0 bridgehead atoms. The van der Waals surface area contributed by atoms with E-state index in [0.717, 1.165) is 0 Å². The number of ether oxygens (including phenoxy) is 6. The Kier molecular flexibility index (Phi) is 5.06. The Morgan fingerprint density at radius 1 is 1.07 bits per heavy atom. The number of hydrogen-bond donors (Lipinski definition) is 0. The van der Waals surface area contributed by atoms with Crippen LogP contribution in [0.15, 0.2) is 30.3 Å². The zero-order valence-corrected chi connectivity index (χ0v) is 16.7. The van der Waals surface area contributed by atoms with E-state index < -0.39 is 48.2 Å². The van der Waals surface area contributed by atoms with Crippen LogP contribution >= 0.6 is 0 Å². The van der Waals surface area contributed by atoms with Gasteiger partial charge in [0.25, 0.3) is 0 Å². The molecular formula is C20H24N2O7. The van der Waals surface area contributed by atoms with E-state index in [0.29, 0.717) is 5.56 Å². The quantitative estimate of drug-likeness (QED) is 0.325. The molecule has 3 unspecified atom stereocenters. The van der Waals surface area contributed by atoms with Gasteiger partial charge >= 0.3 is 11.7 Å². The maximum Gasteiger partial charge on any atom is 0.422 e. The zero-order chi connectivity index (χ0) is 20.8. The lowest BCUT2D eigenvalue weighted by Crippen LogP contribution is -2.46. The van der Waals surface area contributed by atoms with Crippen LogP contribution in [-0.4, -0.2) is 65.4 Å². The fraction of sp³-hybridized carbons (Fsp3) is 0.600. The van der Waals surface area contributed by atoms with Gasteiger partial charge in [0.2, 0.25) is 0 Å². The minimum Gasteiger partial charge on any atom is -0.448 e. The summed E-state index contributed by atoms with van der Waals surface area (Å²) in [5.74, 6) is -2.46. The van der Waals surface area contributed by atoms with Crippen LogP contribution in [0.5, 0.6) is 0 Å². The summed E-state index contributed by atoms with van der Waals surface area (Å²) in [6, 6.07) is 8.55. The molecule has 0 spiro atoms. The second-order valence-electron chi connectivity index (χ2n) is 8.12. The topological polar surface area (TPSA) is 109 Å². The number of carbonyl (C=O) groups excluding carboxylic acids is 1. The molecule has 29 heavy (non-hydrogen) atoms. The molecule has 0 saturated carbocycles. The van der Waals surface area contributed by atoms with E-state index in [9.17, 15) is 10.3 Å². The van der Waals surface area contributed by atoms with E-state index in [4.69, 9.17) is 28.4 Å². The third-order valence-electron chi connectivity index (χ3n) is 5.01. The smallest absolute Gasteiger partial charge is 0.422 e. The summed E-state index contributed by atoms with van der Waals surface area (Å²) in [6.45, 7) is 7.38. The standard InChI is InChI=1S/C20H24N2O7/c1-19(2)24-10-12(27-19)14-15(16-18(26-14)29-20(3,4)28-16)25-17(23)13(22-21)11-8-6-5-7-9-11/h5-9,12,14-16,18H,10H2,1-4H3/t12?,14-,15?,16?,18-/m1/s1. The predicted octanol–water partition coefficient (Wildman–Crippen LogP) is 1.65. The Morgan fingerprint density at radius 2 is 1.79 bits per heavy atom. The third-order valence-corrected chi connectivity index (χ3v) is 5.01. The van der Waals surface area contributed by atoms with Crippen LogP contribution < -0.4 is 0 Å². The van der Waals surface area contributed by atoms with Crippen LogP contribution in [0.2, 0.25) is 0 Å². The molecule has 5 atom stereocenters. The van der Waals surface area contributed by atoms with Crippen LogP contribution in [0.1, 0.15) is 33.3 Å². The van der Waals surface area contributed by atoms with Gasteiger partial charge in [-0.2, -0.15) is 4.79 Å². The summed E-state index contributed by atoms with van der Waals surface area (Å²) in [7, 11) is 0. The molecule has 1 aromatic carbocycles. The van der Waals surface area contributed by atoms with E-state index in [-0.39, 0.29) is 12.3 Å². The molecule has 156 valence electrons. The molecule has 3 fully saturated rings. The number of carbonyl (C=O) groups is 1. The van der Waals surface area contributed by atoms with Gasteiger partial charge in [0.05, 0.1) is 12.2 Å². The first-order valence-corrected chi connectivity index (χ1v) is 9.50. The second kappa shape index (κ2) is 7.28. The number of hydrogen-bond acceptors (Lipinski definition) is 7. The van der Waals surface area contributed by atoms with E-state index in [1.165, 1.54) is 0 Å². The number of fused-ring (bicyclic) bond motifs is 1. The molecule has 3 aliphatic rings. The molecule has 3 heterocycles. The van der Waals surface area contributed by atoms with Crippen molar-refractivity contribution >= 4 is 11.7 Å². The van der Waals surface area contributed by atoms with Gasteiger partial charge in [-0.05, 0) is 39.8 Å². The fourth-order valence-corrected chi connectivity index (χ4v) is 3.81. The molecule has 0 N–H and O–H groups in total. The van der Waals surface area contributed by atoms with Crippen LogP contribution in [0, 0.1) is 0 Å². The minimum absolute atomic E-state index is 0.213. The van der Waals surface area contributed by atoms with Gasteiger partial charge in [0.1, 0.15) is 12.2 Å². The first-order chi connectivity index (χ1) is 13.7. The lowest BCUT2D eigenvalue weighted by molar-refractivity contribution is -0.234. The van der Waals surface area contributed by atoms with E-state index in [1.54, 1.807) is 58.0 Å². The molecule has 0 aliphatic carbocycles. The van der Waals surface area contributed by atoms with Crippen molar-refractivity contribution in [2.75, 3.05) is 6.61 Å². The lowest BCUT2D eigenvalue weighted by atomic mass is 10.1. The summed E-state index contributed by atoms with van der Waals surface area (Å²) in [4.78, 5) is 16.0. The maximum absolute atomic E-state index is 12.8. The number of benzene rings is 1. The molecular weight excluding hydrogens is 380 g/mol. The average molecular weight is 404 g/mol. The highest BCUT2D eigenvalue weighted by atomic mass is 16.8. The Hall–Kier alpha value is -2.13. The van der Waals surface area contributed by atoms with Gasteiger partial charge in [-0.25, -0.2) is 4.79 Å². The molecule has 0 amide bonds. The van der Waals surface area contributed by atoms with Gasteiger partial charge in [-0.1, -0.05) is 18.2 Å². The number of rotatable bonds is 4.